The lowest BCUT2D eigenvalue weighted by atomic mass is 9.80. The standard InChI is InChI=1S/C20H24N4/c1-3-5-15-7-9-17(10-8-15)19-23-13-18(14-24-19)20-21-11-16(6-4-2)12-22-20/h3-4,11-15,17H,1-2,5-10H2/t15-,17-. The Morgan fingerprint density at radius 1 is 0.875 bits per heavy atom. The zero-order valence-electron chi connectivity index (χ0n) is 14.1. The molecule has 0 bridgehead atoms. The van der Waals surface area contributed by atoms with E-state index in [1.165, 1.54) is 25.7 Å². The summed E-state index contributed by atoms with van der Waals surface area (Å²) in [6.07, 6.45) is 18.0. The highest BCUT2D eigenvalue weighted by atomic mass is 14.9. The normalized spacial score (nSPS) is 20.5. The molecule has 0 atom stereocenters. The van der Waals surface area contributed by atoms with Gasteiger partial charge in [0, 0.05) is 30.7 Å². The lowest BCUT2D eigenvalue weighted by Crippen LogP contribution is -2.15. The molecule has 1 aliphatic rings. The first kappa shape index (κ1) is 16.5. The molecule has 2 aromatic heterocycles. The minimum atomic E-state index is 0.482. The molecular weight excluding hydrogens is 296 g/mol. The van der Waals surface area contributed by atoms with Crippen LogP contribution in [0.25, 0.3) is 11.4 Å². The van der Waals surface area contributed by atoms with Crippen LogP contribution in [0.5, 0.6) is 0 Å². The van der Waals surface area contributed by atoms with Gasteiger partial charge >= 0.3 is 0 Å². The molecule has 0 spiro atoms. The van der Waals surface area contributed by atoms with Crippen LogP contribution in [0, 0.1) is 5.92 Å². The van der Waals surface area contributed by atoms with E-state index in [2.05, 4.69) is 33.1 Å². The summed E-state index contributed by atoms with van der Waals surface area (Å²) in [6, 6.07) is 0. The van der Waals surface area contributed by atoms with E-state index < -0.39 is 0 Å². The summed E-state index contributed by atoms with van der Waals surface area (Å²) < 4.78 is 0. The summed E-state index contributed by atoms with van der Waals surface area (Å²) >= 11 is 0. The Morgan fingerprint density at radius 2 is 1.54 bits per heavy atom. The SMILES string of the molecule is C=CCc1cnc(-c2cnc([C@H]3CC[C@H](CC=C)CC3)nc2)nc1. The van der Waals surface area contributed by atoms with Crippen molar-refractivity contribution in [2.24, 2.45) is 5.92 Å². The first-order valence-electron chi connectivity index (χ1n) is 8.65. The number of hydrogen-bond acceptors (Lipinski definition) is 4. The van der Waals surface area contributed by atoms with Crippen molar-refractivity contribution in [3.8, 4) is 11.4 Å². The van der Waals surface area contributed by atoms with E-state index in [0.29, 0.717) is 11.7 Å². The van der Waals surface area contributed by atoms with Crippen molar-refractivity contribution in [2.45, 2.75) is 44.4 Å². The molecule has 4 heteroatoms. The molecule has 0 radical (unpaired) electrons. The summed E-state index contributed by atoms with van der Waals surface area (Å²) in [6.45, 7) is 7.57. The molecular formula is C20H24N4. The Hall–Kier alpha value is -2.36. The fourth-order valence-corrected chi connectivity index (χ4v) is 3.33. The van der Waals surface area contributed by atoms with Gasteiger partial charge in [0.25, 0.3) is 0 Å². The Balaban J connectivity index is 1.65. The maximum atomic E-state index is 4.58. The van der Waals surface area contributed by atoms with Gasteiger partial charge in [0.15, 0.2) is 5.82 Å². The largest absolute Gasteiger partial charge is 0.240 e. The average Bonchev–Trinajstić information content (AvgIpc) is 2.64. The summed E-state index contributed by atoms with van der Waals surface area (Å²) in [5, 5.41) is 0. The van der Waals surface area contributed by atoms with Crippen molar-refractivity contribution in [1.82, 2.24) is 19.9 Å². The van der Waals surface area contributed by atoms with Crippen molar-refractivity contribution in [3.63, 3.8) is 0 Å². The second-order valence-corrected chi connectivity index (χ2v) is 6.48. The number of rotatable bonds is 6. The smallest absolute Gasteiger partial charge is 0.162 e. The van der Waals surface area contributed by atoms with Gasteiger partial charge in [-0.05, 0) is 50.0 Å². The van der Waals surface area contributed by atoms with Crippen LogP contribution < -0.4 is 0 Å². The number of nitrogens with zero attached hydrogens (tertiary/aromatic N) is 4. The van der Waals surface area contributed by atoms with Crippen LogP contribution in [0.2, 0.25) is 0 Å². The highest BCUT2D eigenvalue weighted by Crippen LogP contribution is 2.35. The van der Waals surface area contributed by atoms with Crippen LogP contribution in [-0.2, 0) is 6.42 Å². The van der Waals surface area contributed by atoms with Crippen LogP contribution in [0.1, 0.15) is 49.4 Å². The highest BCUT2D eigenvalue weighted by Gasteiger charge is 2.23. The quantitative estimate of drug-likeness (QED) is 0.735. The number of aromatic nitrogens is 4. The molecule has 1 fully saturated rings. The Labute approximate surface area is 143 Å². The molecule has 1 saturated carbocycles. The fraction of sp³-hybridized carbons (Fsp3) is 0.400. The first-order chi connectivity index (χ1) is 11.8. The van der Waals surface area contributed by atoms with Crippen molar-refractivity contribution < 1.29 is 0 Å². The predicted octanol–water partition coefficient (Wildman–Crippen LogP) is 4.51. The lowest BCUT2D eigenvalue weighted by molar-refractivity contribution is 0.321. The van der Waals surface area contributed by atoms with Gasteiger partial charge < -0.3 is 0 Å². The molecule has 0 aromatic carbocycles. The number of hydrogen-bond donors (Lipinski definition) is 0. The molecule has 0 aliphatic heterocycles. The molecule has 0 saturated heterocycles. The zero-order valence-corrected chi connectivity index (χ0v) is 14.1. The minimum Gasteiger partial charge on any atom is -0.240 e. The highest BCUT2D eigenvalue weighted by molar-refractivity contribution is 5.51. The van der Waals surface area contributed by atoms with Gasteiger partial charge in [-0.3, -0.25) is 0 Å². The lowest BCUT2D eigenvalue weighted by Gasteiger charge is -2.26. The van der Waals surface area contributed by atoms with E-state index >= 15 is 0 Å². The van der Waals surface area contributed by atoms with Crippen molar-refractivity contribution in [2.75, 3.05) is 0 Å². The number of allylic oxidation sites excluding steroid dienone is 2. The maximum absolute atomic E-state index is 4.58. The van der Waals surface area contributed by atoms with Gasteiger partial charge in [-0.25, -0.2) is 19.9 Å². The molecule has 124 valence electrons. The Kier molecular flexibility index (Phi) is 5.47. The summed E-state index contributed by atoms with van der Waals surface area (Å²) in [5.74, 6) is 2.90. The third-order valence-corrected chi connectivity index (χ3v) is 4.73. The van der Waals surface area contributed by atoms with E-state index in [1.807, 2.05) is 36.9 Å². The van der Waals surface area contributed by atoms with Crippen molar-refractivity contribution in [1.29, 1.82) is 0 Å². The molecule has 3 rings (SSSR count). The van der Waals surface area contributed by atoms with E-state index in [4.69, 9.17) is 0 Å². The third kappa shape index (κ3) is 3.94. The van der Waals surface area contributed by atoms with Gasteiger partial charge in [0.2, 0.25) is 0 Å². The molecule has 0 amide bonds. The van der Waals surface area contributed by atoms with Crippen molar-refractivity contribution in [3.05, 3.63) is 61.5 Å². The van der Waals surface area contributed by atoms with Crippen LogP contribution >= 0.6 is 0 Å². The molecule has 24 heavy (non-hydrogen) atoms. The third-order valence-electron chi connectivity index (χ3n) is 4.73. The average molecular weight is 320 g/mol. The van der Waals surface area contributed by atoms with Crippen LogP contribution in [-0.4, -0.2) is 19.9 Å². The second-order valence-electron chi connectivity index (χ2n) is 6.48. The predicted molar refractivity (Wildman–Crippen MR) is 96.5 cm³/mol. The zero-order chi connectivity index (χ0) is 16.8. The fourth-order valence-electron chi connectivity index (χ4n) is 3.33. The van der Waals surface area contributed by atoms with Crippen LogP contribution in [0.15, 0.2) is 50.1 Å². The van der Waals surface area contributed by atoms with Gasteiger partial charge in [0.05, 0.1) is 5.56 Å². The maximum Gasteiger partial charge on any atom is 0.162 e. The molecule has 0 unspecified atom stereocenters. The van der Waals surface area contributed by atoms with E-state index in [-0.39, 0.29) is 0 Å². The summed E-state index contributed by atoms with van der Waals surface area (Å²) in [4.78, 5) is 17.9. The summed E-state index contributed by atoms with van der Waals surface area (Å²) in [5.41, 5.74) is 1.92. The minimum absolute atomic E-state index is 0.482. The summed E-state index contributed by atoms with van der Waals surface area (Å²) in [7, 11) is 0. The van der Waals surface area contributed by atoms with E-state index in [9.17, 15) is 0 Å². The second kappa shape index (κ2) is 7.95. The van der Waals surface area contributed by atoms with Crippen molar-refractivity contribution >= 4 is 0 Å². The molecule has 0 N–H and O–H groups in total. The van der Waals surface area contributed by atoms with Crippen LogP contribution in [0.3, 0.4) is 0 Å². The van der Waals surface area contributed by atoms with Gasteiger partial charge in [-0.1, -0.05) is 12.2 Å². The monoisotopic (exact) mass is 320 g/mol. The van der Waals surface area contributed by atoms with Gasteiger partial charge in [0.1, 0.15) is 5.82 Å². The molecule has 1 aliphatic carbocycles. The first-order valence-corrected chi connectivity index (χ1v) is 8.65. The molecule has 2 heterocycles. The van der Waals surface area contributed by atoms with Crippen LogP contribution in [0.4, 0.5) is 0 Å². The Morgan fingerprint density at radius 3 is 2.12 bits per heavy atom. The van der Waals surface area contributed by atoms with E-state index in [1.54, 1.807) is 0 Å². The topological polar surface area (TPSA) is 51.6 Å². The van der Waals surface area contributed by atoms with Gasteiger partial charge in [-0.2, -0.15) is 0 Å². The van der Waals surface area contributed by atoms with Gasteiger partial charge in [-0.15, -0.1) is 13.2 Å². The van der Waals surface area contributed by atoms with E-state index in [0.717, 1.165) is 35.7 Å². The molecule has 2 aromatic rings. The molecule has 4 nitrogen and oxygen atoms in total. The Bertz CT molecular complexity index is 668.